The molecule has 7 heteroatoms. The van der Waals surface area contributed by atoms with Gasteiger partial charge in [-0.15, -0.1) is 0 Å². The molecular formula is C13H22N2O5. The number of Topliss-reactive ketones (excluding diaryl/α,β-unsaturated/α-hetero) is 1. The summed E-state index contributed by atoms with van der Waals surface area (Å²) in [5.41, 5.74) is 0. The number of hydrogen-bond donors (Lipinski definition) is 2. The Hall–Kier alpha value is -1.76. The zero-order valence-electron chi connectivity index (χ0n) is 12.1. The van der Waals surface area contributed by atoms with E-state index in [4.69, 9.17) is 14.9 Å². The highest BCUT2D eigenvalue weighted by Crippen LogP contribution is 2.03. The van der Waals surface area contributed by atoms with E-state index in [1.165, 1.54) is 0 Å². The molecule has 0 bridgehead atoms. The van der Waals surface area contributed by atoms with Gasteiger partial charge < -0.3 is 20.2 Å². The summed E-state index contributed by atoms with van der Waals surface area (Å²) in [7, 11) is 0. The fraction of sp³-hybridized carbons (Fsp3) is 0.692. The predicted molar refractivity (Wildman–Crippen MR) is 72.7 cm³/mol. The largest absolute Gasteiger partial charge is 0.461 e. The molecule has 7 nitrogen and oxygen atoms in total. The third-order valence-electron chi connectivity index (χ3n) is 2.25. The lowest BCUT2D eigenvalue weighted by Crippen LogP contribution is -2.44. The molecule has 20 heavy (non-hydrogen) atoms. The van der Waals surface area contributed by atoms with Crippen molar-refractivity contribution in [2.24, 2.45) is 0 Å². The minimum Gasteiger partial charge on any atom is -0.461 e. The molecule has 0 saturated heterocycles. The van der Waals surface area contributed by atoms with Crippen molar-refractivity contribution >= 4 is 23.9 Å². The van der Waals surface area contributed by atoms with Gasteiger partial charge in [-0.2, -0.15) is 0 Å². The summed E-state index contributed by atoms with van der Waals surface area (Å²) in [5, 5.41) is 9.28. The van der Waals surface area contributed by atoms with Crippen molar-refractivity contribution in [1.82, 2.24) is 5.32 Å². The van der Waals surface area contributed by atoms with Crippen LogP contribution in [0.25, 0.3) is 0 Å². The van der Waals surface area contributed by atoms with Crippen LogP contribution in [-0.2, 0) is 23.9 Å². The average molecular weight is 286 g/mol. The number of esters is 1. The normalized spacial score (nSPS) is 11.8. The van der Waals surface area contributed by atoms with Gasteiger partial charge in [0.1, 0.15) is 12.6 Å². The third kappa shape index (κ3) is 8.36. The second kappa shape index (κ2) is 10.1. The number of rotatable bonds is 10. The fourth-order valence-electron chi connectivity index (χ4n) is 1.35. The molecule has 0 aromatic carbocycles. The van der Waals surface area contributed by atoms with Crippen LogP contribution in [0.15, 0.2) is 0 Å². The predicted octanol–water partition coefficient (Wildman–Crippen LogP) is 0.458. The quantitative estimate of drug-likeness (QED) is 0.448. The van der Waals surface area contributed by atoms with Crippen LogP contribution in [-0.4, -0.2) is 49.2 Å². The van der Waals surface area contributed by atoms with Crippen molar-refractivity contribution in [3.05, 3.63) is 0 Å². The lowest BCUT2D eigenvalue weighted by molar-refractivity contribution is -0.152. The average Bonchev–Trinajstić information content (AvgIpc) is 2.39. The van der Waals surface area contributed by atoms with Crippen molar-refractivity contribution in [2.75, 3.05) is 13.2 Å². The van der Waals surface area contributed by atoms with Crippen molar-refractivity contribution in [3.8, 4) is 0 Å². The van der Waals surface area contributed by atoms with Gasteiger partial charge in [0, 0.05) is 13.0 Å². The van der Waals surface area contributed by atoms with E-state index in [0.717, 1.165) is 0 Å². The fourth-order valence-corrected chi connectivity index (χ4v) is 1.35. The van der Waals surface area contributed by atoms with Crippen molar-refractivity contribution in [3.63, 3.8) is 0 Å². The summed E-state index contributed by atoms with van der Waals surface area (Å²) < 4.78 is 9.96. The van der Waals surface area contributed by atoms with Crippen molar-refractivity contribution in [1.29, 1.82) is 5.41 Å². The van der Waals surface area contributed by atoms with E-state index in [9.17, 15) is 14.4 Å². The Morgan fingerprint density at radius 3 is 2.45 bits per heavy atom. The summed E-state index contributed by atoms with van der Waals surface area (Å²) >= 11 is 0. The topological polar surface area (TPSA) is 106 Å². The third-order valence-corrected chi connectivity index (χ3v) is 2.25. The maximum absolute atomic E-state index is 11.8. The van der Waals surface area contributed by atoms with E-state index in [0.29, 0.717) is 12.8 Å². The van der Waals surface area contributed by atoms with Gasteiger partial charge in [0.05, 0.1) is 12.3 Å². The Balaban J connectivity index is 4.52. The molecule has 0 fully saturated rings. The van der Waals surface area contributed by atoms with Gasteiger partial charge in [-0.05, 0) is 27.2 Å². The Morgan fingerprint density at radius 2 is 1.95 bits per heavy atom. The Morgan fingerprint density at radius 1 is 1.30 bits per heavy atom. The maximum Gasteiger partial charge on any atom is 0.328 e. The van der Waals surface area contributed by atoms with E-state index in [-0.39, 0.29) is 25.6 Å². The Labute approximate surface area is 118 Å². The van der Waals surface area contributed by atoms with Gasteiger partial charge in [-0.25, -0.2) is 4.79 Å². The number of carbonyl (C=O) groups is 3. The first-order chi connectivity index (χ1) is 9.40. The highest BCUT2D eigenvalue weighted by molar-refractivity contribution is 6.26. The van der Waals surface area contributed by atoms with E-state index in [2.05, 4.69) is 5.32 Å². The smallest absolute Gasteiger partial charge is 0.328 e. The minimum absolute atomic E-state index is 0.00369. The highest BCUT2D eigenvalue weighted by Gasteiger charge is 2.23. The molecular weight excluding hydrogens is 264 g/mol. The van der Waals surface area contributed by atoms with E-state index in [1.807, 2.05) is 0 Å². The summed E-state index contributed by atoms with van der Waals surface area (Å²) in [5.74, 6) is -1.45. The van der Waals surface area contributed by atoms with E-state index < -0.39 is 23.7 Å². The molecule has 0 saturated carbocycles. The molecule has 0 aromatic heterocycles. The summed E-state index contributed by atoms with van der Waals surface area (Å²) in [4.78, 5) is 34.4. The van der Waals surface area contributed by atoms with Crippen LogP contribution in [0.2, 0.25) is 0 Å². The zero-order chi connectivity index (χ0) is 15.5. The maximum atomic E-state index is 11.8. The Kier molecular flexibility index (Phi) is 9.19. The van der Waals surface area contributed by atoms with Crippen LogP contribution in [0.4, 0.5) is 0 Å². The molecule has 0 rings (SSSR count). The molecule has 114 valence electrons. The highest BCUT2D eigenvalue weighted by atomic mass is 16.5. The number of ketones is 1. The van der Waals surface area contributed by atoms with Crippen LogP contribution >= 0.6 is 0 Å². The molecule has 0 aromatic rings. The number of carbonyl (C=O) groups excluding carboxylic acids is 3. The molecule has 0 aliphatic carbocycles. The molecule has 1 atom stereocenters. The summed E-state index contributed by atoms with van der Waals surface area (Å²) in [6.45, 7) is 5.38. The van der Waals surface area contributed by atoms with Crippen LogP contribution in [0.1, 0.15) is 33.6 Å². The number of nitrogens with one attached hydrogen (secondary N) is 2. The Bertz CT molecular complexity index is 355. The second-order valence-corrected chi connectivity index (χ2v) is 4.39. The molecule has 0 unspecified atom stereocenters. The number of ether oxygens (including phenoxy) is 2. The van der Waals surface area contributed by atoms with Gasteiger partial charge in [-0.1, -0.05) is 0 Å². The molecule has 0 spiro atoms. The van der Waals surface area contributed by atoms with Gasteiger partial charge in [-0.3, -0.25) is 9.59 Å². The van der Waals surface area contributed by atoms with Crippen LogP contribution < -0.4 is 5.32 Å². The first kappa shape index (κ1) is 18.2. The SMILES string of the molecule is CCOCC(=O)N[C@@H](CCC(=O)C=N)C(=O)OC(C)C. The number of hydrogen-bond acceptors (Lipinski definition) is 6. The lowest BCUT2D eigenvalue weighted by atomic mass is 10.1. The molecule has 0 radical (unpaired) electrons. The van der Waals surface area contributed by atoms with Crippen molar-refractivity contribution < 1.29 is 23.9 Å². The van der Waals surface area contributed by atoms with Crippen LogP contribution in [0.3, 0.4) is 0 Å². The van der Waals surface area contributed by atoms with Crippen molar-refractivity contribution in [2.45, 2.75) is 45.8 Å². The molecule has 0 heterocycles. The zero-order valence-corrected chi connectivity index (χ0v) is 12.1. The summed E-state index contributed by atoms with van der Waals surface area (Å²) in [6, 6.07) is -0.908. The molecule has 0 aliphatic heterocycles. The first-order valence-corrected chi connectivity index (χ1v) is 6.51. The molecule has 0 aliphatic rings. The second-order valence-electron chi connectivity index (χ2n) is 4.39. The van der Waals surface area contributed by atoms with E-state index in [1.54, 1.807) is 20.8 Å². The molecule has 1 amide bonds. The number of amides is 1. The lowest BCUT2D eigenvalue weighted by Gasteiger charge is -2.18. The van der Waals surface area contributed by atoms with Gasteiger partial charge in [0.15, 0.2) is 5.78 Å². The van der Waals surface area contributed by atoms with Gasteiger partial charge >= 0.3 is 5.97 Å². The van der Waals surface area contributed by atoms with Gasteiger partial charge in [0.2, 0.25) is 5.91 Å². The van der Waals surface area contributed by atoms with Crippen LogP contribution in [0.5, 0.6) is 0 Å². The van der Waals surface area contributed by atoms with Crippen LogP contribution in [0, 0.1) is 5.41 Å². The van der Waals surface area contributed by atoms with E-state index >= 15 is 0 Å². The summed E-state index contributed by atoms with van der Waals surface area (Å²) in [6.07, 6.45) is 0.466. The monoisotopic (exact) mass is 286 g/mol. The standard InChI is InChI=1S/C13H22N2O5/c1-4-19-8-12(17)15-11(6-5-10(16)7-14)13(18)20-9(2)3/h7,9,11,14H,4-6,8H2,1-3H3,(H,15,17)/t11-/m0/s1. The first-order valence-electron chi connectivity index (χ1n) is 6.51. The minimum atomic E-state index is -0.908. The molecule has 2 N–H and O–H groups in total. The van der Waals surface area contributed by atoms with Gasteiger partial charge in [0.25, 0.3) is 0 Å².